The van der Waals surface area contributed by atoms with Crippen LogP contribution in [-0.4, -0.2) is 49.4 Å². The number of carbonyl (C=O) groups is 1. The van der Waals surface area contributed by atoms with Crippen LogP contribution in [0.3, 0.4) is 0 Å². The highest BCUT2D eigenvalue weighted by atomic mass is 19.4. The molecule has 3 atom stereocenters. The summed E-state index contributed by atoms with van der Waals surface area (Å²) in [6.45, 7) is 3.10. The van der Waals surface area contributed by atoms with Gasteiger partial charge in [-0.2, -0.15) is 13.2 Å². The number of carbonyl (C=O) groups excluding carboxylic acids is 1. The Morgan fingerprint density at radius 3 is 2.79 bits per heavy atom. The zero-order valence-electron chi connectivity index (χ0n) is 15.7. The van der Waals surface area contributed by atoms with Crippen LogP contribution in [0.2, 0.25) is 0 Å². The SMILES string of the molecule is COc1ccc(N2CC(C)CC(NC(=O)C(N)C(F)(F)F)C2)c2cccnc12. The number of piperidine rings is 1. The summed E-state index contributed by atoms with van der Waals surface area (Å²) in [6.07, 6.45) is -2.50. The largest absolute Gasteiger partial charge is 0.494 e. The molecule has 9 heteroatoms. The summed E-state index contributed by atoms with van der Waals surface area (Å²) in [5.41, 5.74) is 6.63. The molecule has 1 aromatic carbocycles. The van der Waals surface area contributed by atoms with Crippen LogP contribution in [0.1, 0.15) is 13.3 Å². The molecule has 0 spiro atoms. The zero-order chi connectivity index (χ0) is 20.5. The van der Waals surface area contributed by atoms with E-state index in [0.29, 0.717) is 30.8 Å². The predicted molar refractivity (Wildman–Crippen MR) is 100 cm³/mol. The number of hydrogen-bond donors (Lipinski definition) is 2. The fraction of sp³-hybridized carbons (Fsp3) is 0.474. The standard InChI is InChI=1S/C19H23F3N4O2/c1-11-8-12(25-18(27)17(23)19(20,21)22)10-26(9-11)14-5-6-15(28-2)16-13(14)4-3-7-24-16/h3-7,11-12,17H,8-10,23H2,1-2H3,(H,25,27). The number of methoxy groups -OCH3 is 1. The molecule has 1 fully saturated rings. The topological polar surface area (TPSA) is 80.5 Å². The van der Waals surface area contributed by atoms with Gasteiger partial charge in [0.15, 0.2) is 6.04 Å². The van der Waals surface area contributed by atoms with Crippen LogP contribution >= 0.6 is 0 Å². The van der Waals surface area contributed by atoms with Crippen LogP contribution in [-0.2, 0) is 4.79 Å². The number of nitrogens with one attached hydrogen (secondary N) is 1. The highest BCUT2D eigenvalue weighted by Crippen LogP contribution is 2.34. The summed E-state index contributed by atoms with van der Waals surface area (Å²) in [6, 6.07) is 4.51. The van der Waals surface area contributed by atoms with E-state index in [9.17, 15) is 18.0 Å². The first-order valence-corrected chi connectivity index (χ1v) is 9.00. The molecule has 3 unspecified atom stereocenters. The Morgan fingerprint density at radius 2 is 2.11 bits per heavy atom. The fourth-order valence-electron chi connectivity index (χ4n) is 3.66. The second-order valence-electron chi connectivity index (χ2n) is 7.16. The first kappa shape index (κ1) is 20.2. The molecule has 0 saturated carbocycles. The van der Waals surface area contributed by atoms with Crippen molar-refractivity contribution in [3.05, 3.63) is 30.5 Å². The number of anilines is 1. The number of fused-ring (bicyclic) bond motifs is 1. The lowest BCUT2D eigenvalue weighted by Gasteiger charge is -2.39. The van der Waals surface area contributed by atoms with E-state index in [1.165, 1.54) is 0 Å². The van der Waals surface area contributed by atoms with Crippen molar-refractivity contribution in [3.8, 4) is 5.75 Å². The highest BCUT2D eigenvalue weighted by molar-refractivity contribution is 5.95. The van der Waals surface area contributed by atoms with Gasteiger partial charge in [0, 0.05) is 36.4 Å². The lowest BCUT2D eigenvalue weighted by molar-refractivity contribution is -0.163. The van der Waals surface area contributed by atoms with Crippen molar-refractivity contribution in [2.45, 2.75) is 31.6 Å². The summed E-state index contributed by atoms with van der Waals surface area (Å²) in [5.74, 6) is -0.381. The van der Waals surface area contributed by atoms with E-state index >= 15 is 0 Å². The number of hydrogen-bond acceptors (Lipinski definition) is 5. The Bertz CT molecular complexity index is 859. The second kappa shape index (κ2) is 7.83. The van der Waals surface area contributed by atoms with Gasteiger partial charge in [-0.15, -0.1) is 0 Å². The number of alkyl halides is 3. The number of nitrogens with zero attached hydrogens (tertiary/aromatic N) is 2. The van der Waals surface area contributed by atoms with Crippen molar-refractivity contribution in [1.82, 2.24) is 10.3 Å². The van der Waals surface area contributed by atoms with Crippen molar-refractivity contribution in [2.75, 3.05) is 25.1 Å². The molecule has 2 aromatic rings. The van der Waals surface area contributed by atoms with Crippen molar-refractivity contribution in [3.63, 3.8) is 0 Å². The average molecular weight is 396 g/mol. The molecule has 1 saturated heterocycles. The maximum absolute atomic E-state index is 12.7. The molecule has 1 amide bonds. The molecule has 0 radical (unpaired) electrons. The number of pyridine rings is 1. The average Bonchev–Trinajstić information content (AvgIpc) is 2.65. The van der Waals surface area contributed by atoms with E-state index in [4.69, 9.17) is 10.5 Å². The lowest BCUT2D eigenvalue weighted by atomic mass is 9.94. The van der Waals surface area contributed by atoms with Crippen LogP contribution in [0.5, 0.6) is 5.75 Å². The molecule has 152 valence electrons. The van der Waals surface area contributed by atoms with Gasteiger partial charge in [-0.3, -0.25) is 9.78 Å². The van der Waals surface area contributed by atoms with Crippen LogP contribution < -0.4 is 20.7 Å². The van der Waals surface area contributed by atoms with Crippen LogP contribution in [0.4, 0.5) is 18.9 Å². The van der Waals surface area contributed by atoms with Gasteiger partial charge >= 0.3 is 6.18 Å². The van der Waals surface area contributed by atoms with E-state index in [0.717, 1.165) is 11.1 Å². The molecule has 1 aliphatic rings. The van der Waals surface area contributed by atoms with Gasteiger partial charge in [-0.05, 0) is 36.6 Å². The molecule has 1 aromatic heterocycles. The minimum Gasteiger partial charge on any atom is -0.494 e. The van der Waals surface area contributed by atoms with Gasteiger partial charge in [-0.1, -0.05) is 6.92 Å². The minimum absolute atomic E-state index is 0.176. The molecule has 2 heterocycles. The highest BCUT2D eigenvalue weighted by Gasteiger charge is 2.43. The number of aromatic nitrogens is 1. The summed E-state index contributed by atoms with van der Waals surface area (Å²) in [5, 5.41) is 3.34. The zero-order valence-corrected chi connectivity index (χ0v) is 15.7. The van der Waals surface area contributed by atoms with Gasteiger partial charge in [0.05, 0.1) is 7.11 Å². The second-order valence-corrected chi connectivity index (χ2v) is 7.16. The smallest absolute Gasteiger partial charge is 0.412 e. The molecule has 1 aliphatic heterocycles. The molecule has 0 aliphatic carbocycles. The number of benzene rings is 1. The Morgan fingerprint density at radius 1 is 1.36 bits per heavy atom. The Balaban J connectivity index is 1.84. The number of nitrogens with two attached hydrogens (primary N) is 1. The van der Waals surface area contributed by atoms with Crippen LogP contribution in [0.15, 0.2) is 30.5 Å². The van der Waals surface area contributed by atoms with E-state index in [-0.39, 0.29) is 5.92 Å². The molecule has 6 nitrogen and oxygen atoms in total. The number of ether oxygens (including phenoxy) is 1. The molecular weight excluding hydrogens is 373 g/mol. The van der Waals surface area contributed by atoms with Gasteiger partial charge in [0.2, 0.25) is 5.91 Å². The molecular formula is C19H23F3N4O2. The van der Waals surface area contributed by atoms with Crippen molar-refractivity contribution in [2.24, 2.45) is 11.7 Å². The van der Waals surface area contributed by atoms with E-state index in [1.54, 1.807) is 13.3 Å². The summed E-state index contributed by atoms with van der Waals surface area (Å²) < 4.78 is 43.5. The van der Waals surface area contributed by atoms with E-state index < -0.39 is 24.2 Å². The molecule has 28 heavy (non-hydrogen) atoms. The van der Waals surface area contributed by atoms with E-state index in [1.807, 2.05) is 31.2 Å². The summed E-state index contributed by atoms with van der Waals surface area (Å²) in [7, 11) is 1.57. The predicted octanol–water partition coefficient (Wildman–Crippen LogP) is 2.46. The number of halogens is 3. The Hall–Kier alpha value is -2.55. The molecule has 0 bridgehead atoms. The van der Waals surface area contributed by atoms with Crippen molar-refractivity contribution >= 4 is 22.5 Å². The van der Waals surface area contributed by atoms with Crippen molar-refractivity contribution < 1.29 is 22.7 Å². The Labute approximate surface area is 160 Å². The third kappa shape index (κ3) is 4.14. The van der Waals surface area contributed by atoms with Gasteiger partial charge in [-0.25, -0.2) is 0 Å². The summed E-state index contributed by atoms with van der Waals surface area (Å²) >= 11 is 0. The number of amides is 1. The maximum atomic E-state index is 12.7. The normalized spacial score (nSPS) is 21.4. The lowest BCUT2D eigenvalue weighted by Crippen LogP contribution is -2.57. The van der Waals surface area contributed by atoms with Gasteiger partial charge in [0.1, 0.15) is 11.3 Å². The maximum Gasteiger partial charge on any atom is 0.412 e. The Kier molecular flexibility index (Phi) is 5.64. The first-order chi connectivity index (χ1) is 13.2. The fourth-order valence-corrected chi connectivity index (χ4v) is 3.66. The first-order valence-electron chi connectivity index (χ1n) is 9.00. The third-order valence-electron chi connectivity index (χ3n) is 4.91. The minimum atomic E-state index is -4.76. The quantitative estimate of drug-likeness (QED) is 0.830. The van der Waals surface area contributed by atoms with Crippen molar-refractivity contribution in [1.29, 1.82) is 0 Å². The molecule has 3 rings (SSSR count). The van der Waals surface area contributed by atoms with Gasteiger partial charge < -0.3 is 20.7 Å². The number of rotatable bonds is 4. The molecule has 3 N–H and O–H groups in total. The van der Waals surface area contributed by atoms with Crippen LogP contribution in [0, 0.1) is 5.92 Å². The summed E-state index contributed by atoms with van der Waals surface area (Å²) in [4.78, 5) is 18.3. The monoisotopic (exact) mass is 396 g/mol. The third-order valence-corrected chi connectivity index (χ3v) is 4.91. The van der Waals surface area contributed by atoms with Gasteiger partial charge in [0.25, 0.3) is 0 Å². The van der Waals surface area contributed by atoms with Crippen LogP contribution in [0.25, 0.3) is 10.9 Å². The van der Waals surface area contributed by atoms with E-state index in [2.05, 4.69) is 15.2 Å².